The number of aliphatic carboxylic acids is 1. The van der Waals surface area contributed by atoms with Gasteiger partial charge in [-0.15, -0.1) is 0 Å². The number of fused-ring (bicyclic) bond motifs is 1. The molecular weight excluding hydrogens is 404 g/mol. The van der Waals surface area contributed by atoms with Gasteiger partial charge in [-0.05, 0) is 66.7 Å². The number of hydrogen-bond acceptors (Lipinski definition) is 8. The van der Waals surface area contributed by atoms with E-state index in [1.54, 1.807) is 18.4 Å². The van der Waals surface area contributed by atoms with E-state index in [1.807, 2.05) is 54.1 Å². The summed E-state index contributed by atoms with van der Waals surface area (Å²) in [6, 6.07) is 13.9. The lowest BCUT2D eigenvalue weighted by molar-refractivity contribution is -0.627. The second-order valence-electron chi connectivity index (χ2n) is 6.29. The van der Waals surface area contributed by atoms with Crippen LogP contribution in [0.25, 0.3) is 10.2 Å². The number of ether oxygens (including phenoxy) is 1. The zero-order valence-corrected chi connectivity index (χ0v) is 18.3. The Morgan fingerprint density at radius 1 is 1.23 bits per heavy atom. The number of benzene rings is 2. The summed E-state index contributed by atoms with van der Waals surface area (Å²) in [5, 5.41) is 27.6. The molecule has 0 radical (unpaired) electrons. The van der Waals surface area contributed by atoms with Crippen LogP contribution in [-0.2, 0) is 11.8 Å². The van der Waals surface area contributed by atoms with Crippen molar-refractivity contribution < 1.29 is 24.3 Å². The number of carboxylic acids is 1. The number of nitrogens with zero attached hydrogens (tertiary/aromatic N) is 4. The molecule has 8 nitrogen and oxygen atoms in total. The van der Waals surface area contributed by atoms with Crippen LogP contribution in [0, 0.1) is 0 Å². The number of hydrogen-bond donors (Lipinski definition) is 1. The maximum Gasteiger partial charge on any atom is 0.409 e. The van der Waals surface area contributed by atoms with Gasteiger partial charge in [-0.3, -0.25) is 0 Å². The molecule has 0 saturated carbocycles. The third-order valence-electron chi connectivity index (χ3n) is 4.23. The van der Waals surface area contributed by atoms with Gasteiger partial charge >= 0.3 is 5.13 Å². The molecule has 0 saturated heterocycles. The molecule has 0 spiro atoms. The monoisotopic (exact) mass is 430 g/mol. The molecule has 0 unspecified atom stereocenters. The molecular formula is C21H26N4O4S. The lowest BCUT2D eigenvalue weighted by Gasteiger charge is -2.21. The molecule has 0 aliphatic rings. The molecule has 1 heterocycles. The third-order valence-corrected chi connectivity index (χ3v) is 5.32. The molecule has 0 fully saturated rings. The predicted molar refractivity (Wildman–Crippen MR) is 116 cm³/mol. The second-order valence-corrected chi connectivity index (χ2v) is 7.30. The maximum absolute atomic E-state index is 9.13. The highest BCUT2D eigenvalue weighted by molar-refractivity contribution is 7.21. The van der Waals surface area contributed by atoms with E-state index in [1.165, 1.54) is 0 Å². The van der Waals surface area contributed by atoms with Crippen molar-refractivity contribution in [3.63, 3.8) is 0 Å². The molecule has 0 aliphatic heterocycles. The molecule has 0 atom stereocenters. The first-order chi connectivity index (χ1) is 14.4. The number of methoxy groups -OCH3 is 1. The molecule has 2 aromatic carbocycles. The smallest absolute Gasteiger partial charge is 0.409 e. The van der Waals surface area contributed by atoms with E-state index >= 15 is 0 Å². The summed E-state index contributed by atoms with van der Waals surface area (Å²) in [5.41, 5.74) is 2.96. The van der Waals surface area contributed by atoms with Crippen molar-refractivity contribution in [2.24, 2.45) is 17.3 Å². The number of carbonyl (C=O) groups excluding carboxylic acids is 1. The molecule has 1 aromatic heterocycles. The largest absolute Gasteiger partial charge is 0.550 e. The van der Waals surface area contributed by atoms with E-state index in [2.05, 4.69) is 22.1 Å². The van der Waals surface area contributed by atoms with Gasteiger partial charge in [0, 0.05) is 30.8 Å². The van der Waals surface area contributed by atoms with Crippen LogP contribution in [-0.4, -0.2) is 37.9 Å². The number of azo groups is 1. The molecule has 30 heavy (non-hydrogen) atoms. The van der Waals surface area contributed by atoms with Crippen LogP contribution in [0.5, 0.6) is 5.75 Å². The number of carbonyl (C=O) groups is 1. The van der Waals surface area contributed by atoms with Crippen molar-refractivity contribution >= 4 is 44.0 Å². The number of thiazole rings is 1. The van der Waals surface area contributed by atoms with Crippen LogP contribution in [0.4, 0.5) is 16.5 Å². The van der Waals surface area contributed by atoms with E-state index < -0.39 is 5.97 Å². The van der Waals surface area contributed by atoms with Gasteiger partial charge in [0.1, 0.15) is 17.0 Å². The molecule has 3 rings (SSSR count). The Bertz CT molecular complexity index is 998. The number of anilines is 1. The highest BCUT2D eigenvalue weighted by atomic mass is 32.1. The summed E-state index contributed by atoms with van der Waals surface area (Å²) in [6.07, 6.45) is 0. The molecule has 3 aromatic rings. The lowest BCUT2D eigenvalue weighted by Crippen LogP contribution is -2.25. The summed E-state index contributed by atoms with van der Waals surface area (Å²) in [7, 11) is 3.65. The quantitative estimate of drug-likeness (QED) is 0.459. The van der Waals surface area contributed by atoms with Crippen molar-refractivity contribution in [3.8, 4) is 5.75 Å². The Kier molecular flexibility index (Phi) is 8.70. The maximum atomic E-state index is 9.13. The minimum absolute atomic E-state index is 0.141. The van der Waals surface area contributed by atoms with Crippen molar-refractivity contribution in [2.45, 2.75) is 13.8 Å². The lowest BCUT2D eigenvalue weighted by atomic mass is 10.2. The van der Waals surface area contributed by atoms with Gasteiger partial charge in [0.15, 0.2) is 0 Å². The van der Waals surface area contributed by atoms with E-state index in [9.17, 15) is 0 Å². The average Bonchev–Trinajstić information content (AvgIpc) is 3.05. The van der Waals surface area contributed by atoms with Gasteiger partial charge in [-0.25, -0.2) is 4.57 Å². The summed E-state index contributed by atoms with van der Waals surface area (Å²) >= 11 is 1.58. The second kappa shape index (κ2) is 11.2. The zero-order chi connectivity index (χ0) is 22.1. The Morgan fingerprint density at radius 3 is 2.47 bits per heavy atom. The minimum atomic E-state index is -1.08. The number of aliphatic hydroxyl groups is 1. The topological polar surface area (TPSA) is 101 Å². The summed E-state index contributed by atoms with van der Waals surface area (Å²) < 4.78 is 8.42. The SMILES string of the molecule is CC(=O)[O-].CCN(CCO)c1ccc(N=Nc2sc3cc(OC)ccc3[n+]2C)cc1. The van der Waals surface area contributed by atoms with Crippen LogP contribution in [0.1, 0.15) is 13.8 Å². The fourth-order valence-corrected chi connectivity index (χ4v) is 3.76. The molecule has 160 valence electrons. The summed E-state index contributed by atoms with van der Waals surface area (Å²) in [4.78, 5) is 11.0. The molecule has 1 N–H and O–H groups in total. The Labute approximate surface area is 179 Å². The predicted octanol–water partition coefficient (Wildman–Crippen LogP) is 2.72. The number of carboxylic acid groups (broad SMARTS) is 1. The summed E-state index contributed by atoms with van der Waals surface area (Å²) in [6.45, 7) is 4.66. The Morgan fingerprint density at radius 2 is 1.90 bits per heavy atom. The van der Waals surface area contributed by atoms with E-state index in [4.69, 9.17) is 19.7 Å². The average molecular weight is 431 g/mol. The minimum Gasteiger partial charge on any atom is -0.550 e. The first kappa shape index (κ1) is 23.2. The van der Waals surface area contributed by atoms with E-state index in [0.717, 1.165) is 45.9 Å². The van der Waals surface area contributed by atoms with Crippen LogP contribution in [0.3, 0.4) is 0 Å². The van der Waals surface area contributed by atoms with Gasteiger partial charge in [0.25, 0.3) is 0 Å². The van der Waals surface area contributed by atoms with Gasteiger partial charge in [-0.2, -0.15) is 0 Å². The molecule has 9 heteroatoms. The van der Waals surface area contributed by atoms with Crippen molar-refractivity contribution in [1.82, 2.24) is 0 Å². The van der Waals surface area contributed by atoms with Crippen molar-refractivity contribution in [3.05, 3.63) is 42.5 Å². The van der Waals surface area contributed by atoms with Crippen molar-refractivity contribution in [1.29, 1.82) is 0 Å². The van der Waals surface area contributed by atoms with E-state index in [-0.39, 0.29) is 6.61 Å². The van der Waals surface area contributed by atoms with Gasteiger partial charge in [0.05, 0.1) is 30.6 Å². The van der Waals surface area contributed by atoms with Gasteiger partial charge < -0.3 is 24.6 Å². The zero-order valence-electron chi connectivity index (χ0n) is 17.5. The number of aliphatic hydroxyl groups excluding tert-OH is 1. The van der Waals surface area contributed by atoms with Crippen molar-refractivity contribution in [2.75, 3.05) is 31.7 Å². The fraction of sp³-hybridized carbons (Fsp3) is 0.333. The first-order valence-corrected chi connectivity index (χ1v) is 10.2. The molecule has 0 bridgehead atoms. The standard InChI is InChI=1S/C19H23N4O2S.C2H4O2/c1-4-23(11-12-24)15-7-5-14(6-8-15)20-21-19-22(2)17-10-9-16(25-3)13-18(17)26-19;1-2(3)4/h5-10,13,24H,4,11-12H2,1-3H3;1H3,(H,3,4)/q+1;/p-1. The first-order valence-electron chi connectivity index (χ1n) is 9.41. The van der Waals surface area contributed by atoms with E-state index in [0.29, 0.717) is 6.54 Å². The normalized spacial score (nSPS) is 10.7. The number of aromatic nitrogens is 1. The highest BCUT2D eigenvalue weighted by Crippen LogP contribution is 2.30. The third kappa shape index (κ3) is 6.23. The van der Waals surface area contributed by atoms with Crippen LogP contribution in [0.2, 0.25) is 0 Å². The van der Waals surface area contributed by atoms with Crippen LogP contribution >= 0.6 is 11.3 Å². The molecule has 0 amide bonds. The molecule has 0 aliphatic carbocycles. The number of rotatable bonds is 7. The summed E-state index contributed by atoms with van der Waals surface area (Å²) in [5.74, 6) is -0.248. The Hall–Kier alpha value is -3.04. The van der Waals surface area contributed by atoms with Gasteiger partial charge in [-0.1, -0.05) is 0 Å². The highest BCUT2D eigenvalue weighted by Gasteiger charge is 2.16. The fourth-order valence-electron chi connectivity index (χ4n) is 2.76. The number of likely N-dealkylation sites (N-methyl/N-ethyl adjacent to an activating group) is 1. The van der Waals surface area contributed by atoms with Crippen LogP contribution < -0.4 is 19.3 Å². The van der Waals surface area contributed by atoms with Gasteiger partial charge in [0.2, 0.25) is 0 Å². The van der Waals surface area contributed by atoms with Crippen LogP contribution in [0.15, 0.2) is 52.7 Å². The Balaban J connectivity index is 0.000000735. The number of aryl methyl sites for hydroxylation is 1.